The van der Waals surface area contributed by atoms with E-state index in [-0.39, 0.29) is 0 Å². The Bertz CT molecular complexity index is 206. The minimum Gasteiger partial charge on any atom is -0.293 e. The molecule has 4 rings (SSSR count). The van der Waals surface area contributed by atoms with Crippen molar-refractivity contribution < 1.29 is 0 Å². The maximum atomic E-state index is 2.73. The van der Waals surface area contributed by atoms with Crippen molar-refractivity contribution in [2.75, 3.05) is 26.2 Å². The summed E-state index contributed by atoms with van der Waals surface area (Å²) in [5.74, 6) is 0. The Morgan fingerprint density at radius 2 is 0.917 bits per heavy atom. The summed E-state index contributed by atoms with van der Waals surface area (Å²) >= 11 is 0. The summed E-state index contributed by atoms with van der Waals surface area (Å²) in [4.78, 5) is 5.47. The Hall–Kier alpha value is -0.0800. The van der Waals surface area contributed by atoms with Gasteiger partial charge in [-0.3, -0.25) is 9.80 Å². The maximum absolute atomic E-state index is 2.73. The highest BCUT2D eigenvalue weighted by atomic mass is 15.5. The third-order valence-corrected chi connectivity index (χ3v) is 4.42. The van der Waals surface area contributed by atoms with E-state index in [1.54, 1.807) is 0 Å². The van der Waals surface area contributed by atoms with Gasteiger partial charge in [-0.25, -0.2) is 0 Å². The molecule has 2 aliphatic heterocycles. The summed E-state index contributed by atoms with van der Waals surface area (Å²) in [5, 5.41) is 0. The van der Waals surface area contributed by atoms with E-state index < -0.39 is 0 Å². The van der Waals surface area contributed by atoms with Gasteiger partial charge >= 0.3 is 0 Å². The lowest BCUT2D eigenvalue weighted by Crippen LogP contribution is -2.43. The average Bonchev–Trinajstić information content (AvgIpc) is 2.77. The third-order valence-electron chi connectivity index (χ3n) is 4.42. The van der Waals surface area contributed by atoms with Gasteiger partial charge in [-0.05, 0) is 25.7 Å². The molecule has 2 heteroatoms. The fourth-order valence-corrected chi connectivity index (χ4v) is 3.34. The van der Waals surface area contributed by atoms with E-state index in [1.165, 1.54) is 51.9 Å². The van der Waals surface area contributed by atoms with Crippen LogP contribution in [-0.2, 0) is 0 Å². The summed E-state index contributed by atoms with van der Waals surface area (Å²) < 4.78 is 0. The van der Waals surface area contributed by atoms with E-state index >= 15 is 0 Å². The van der Waals surface area contributed by atoms with Crippen LogP contribution < -0.4 is 0 Å². The van der Waals surface area contributed by atoms with Crippen LogP contribution in [0.3, 0.4) is 0 Å². The molecule has 4 aliphatic rings. The van der Waals surface area contributed by atoms with Gasteiger partial charge in [-0.2, -0.15) is 0 Å². The van der Waals surface area contributed by atoms with Crippen molar-refractivity contribution in [2.24, 2.45) is 0 Å². The lowest BCUT2D eigenvalue weighted by molar-refractivity contribution is 0.199. The fraction of sp³-hybridized carbons (Fsp3) is 1.00. The highest BCUT2D eigenvalue weighted by Gasteiger charge is 2.73. The molecule has 66 valence electrons. The van der Waals surface area contributed by atoms with Crippen molar-refractivity contribution in [3.63, 3.8) is 0 Å². The Labute approximate surface area is 73.5 Å². The van der Waals surface area contributed by atoms with Crippen molar-refractivity contribution in [1.82, 2.24) is 9.80 Å². The Morgan fingerprint density at radius 1 is 0.583 bits per heavy atom. The van der Waals surface area contributed by atoms with Crippen LogP contribution in [0.2, 0.25) is 0 Å². The predicted molar refractivity (Wildman–Crippen MR) is 47.1 cm³/mol. The third kappa shape index (κ3) is 0.579. The molecule has 0 aromatic carbocycles. The van der Waals surface area contributed by atoms with Gasteiger partial charge < -0.3 is 0 Å². The van der Waals surface area contributed by atoms with Crippen LogP contribution >= 0.6 is 0 Å². The summed E-state index contributed by atoms with van der Waals surface area (Å²) in [6.45, 7) is 5.59. The van der Waals surface area contributed by atoms with Crippen LogP contribution in [0, 0.1) is 0 Å². The summed E-state index contributed by atoms with van der Waals surface area (Å²) in [7, 11) is 0. The molecule has 0 N–H and O–H groups in total. The van der Waals surface area contributed by atoms with E-state index in [1.807, 2.05) is 0 Å². The van der Waals surface area contributed by atoms with E-state index in [4.69, 9.17) is 0 Å². The zero-order valence-corrected chi connectivity index (χ0v) is 7.55. The first-order valence-corrected chi connectivity index (χ1v) is 5.38. The molecule has 0 radical (unpaired) electrons. The Morgan fingerprint density at radius 3 is 1.08 bits per heavy atom. The number of rotatable bonds is 3. The van der Waals surface area contributed by atoms with Gasteiger partial charge in [-0.15, -0.1) is 0 Å². The molecule has 0 aromatic heterocycles. The fourth-order valence-electron chi connectivity index (χ4n) is 3.34. The van der Waals surface area contributed by atoms with Gasteiger partial charge in [0, 0.05) is 37.3 Å². The van der Waals surface area contributed by atoms with Crippen LogP contribution in [0.15, 0.2) is 0 Å². The van der Waals surface area contributed by atoms with E-state index in [2.05, 4.69) is 9.80 Å². The molecule has 0 amide bonds. The summed E-state index contributed by atoms with van der Waals surface area (Å²) in [6, 6.07) is 0. The Kier molecular flexibility index (Phi) is 0.851. The molecule has 12 heavy (non-hydrogen) atoms. The molecular weight excluding hydrogens is 148 g/mol. The number of hydrogen-bond donors (Lipinski definition) is 0. The van der Waals surface area contributed by atoms with Crippen LogP contribution in [0.5, 0.6) is 0 Å². The van der Waals surface area contributed by atoms with Crippen molar-refractivity contribution in [3.05, 3.63) is 0 Å². The largest absolute Gasteiger partial charge is 0.293 e. The lowest BCUT2D eigenvalue weighted by atomic mass is 10.0. The highest BCUT2D eigenvalue weighted by molar-refractivity contribution is 5.31. The van der Waals surface area contributed by atoms with Gasteiger partial charge in [0.25, 0.3) is 0 Å². The zero-order chi connectivity index (χ0) is 7.81. The highest BCUT2D eigenvalue weighted by Crippen LogP contribution is 2.66. The second-order valence-electron chi connectivity index (χ2n) is 5.04. The van der Waals surface area contributed by atoms with Gasteiger partial charge in [-0.1, -0.05) is 0 Å². The molecule has 2 aliphatic carbocycles. The molecule has 0 aromatic rings. The van der Waals surface area contributed by atoms with Crippen molar-refractivity contribution in [1.29, 1.82) is 0 Å². The molecule has 4 fully saturated rings. The first-order chi connectivity index (χ1) is 5.87. The van der Waals surface area contributed by atoms with Gasteiger partial charge in [0.05, 0.1) is 0 Å². The van der Waals surface area contributed by atoms with Crippen LogP contribution in [0.1, 0.15) is 25.7 Å². The van der Waals surface area contributed by atoms with E-state index in [9.17, 15) is 0 Å². The van der Waals surface area contributed by atoms with E-state index in [0.717, 1.165) is 0 Å². The Balaban J connectivity index is 1.69. The minimum absolute atomic E-state index is 0.712. The normalized spacial score (nSPS) is 41.0. The van der Waals surface area contributed by atoms with Crippen molar-refractivity contribution in [2.45, 2.75) is 36.8 Å². The van der Waals surface area contributed by atoms with Gasteiger partial charge in [0.1, 0.15) is 0 Å². The summed E-state index contributed by atoms with van der Waals surface area (Å²) in [5.41, 5.74) is 1.42. The van der Waals surface area contributed by atoms with Gasteiger partial charge in [0.15, 0.2) is 0 Å². The lowest BCUT2D eigenvalue weighted by Gasteiger charge is -2.29. The molecule has 2 saturated carbocycles. The smallest absolute Gasteiger partial charge is 0.0395 e. The maximum Gasteiger partial charge on any atom is 0.0395 e. The molecular formula is C10H16N2. The van der Waals surface area contributed by atoms with Crippen LogP contribution in [0.4, 0.5) is 0 Å². The van der Waals surface area contributed by atoms with E-state index in [0.29, 0.717) is 11.1 Å². The second kappa shape index (κ2) is 1.60. The molecule has 0 atom stereocenters. The topological polar surface area (TPSA) is 6.02 Å². The van der Waals surface area contributed by atoms with Crippen molar-refractivity contribution in [3.8, 4) is 0 Å². The minimum atomic E-state index is 0.712. The molecule has 0 spiro atoms. The standard InChI is InChI=1S/C10H16N2/c1-2-9(1,11-5-6-11)10(3-4-10)12-7-8-12/h1-8H2. The summed E-state index contributed by atoms with van der Waals surface area (Å²) in [6.07, 6.45) is 6.01. The molecule has 0 bridgehead atoms. The zero-order valence-electron chi connectivity index (χ0n) is 7.55. The molecule has 0 unspecified atom stereocenters. The molecule has 2 nitrogen and oxygen atoms in total. The first-order valence-electron chi connectivity index (χ1n) is 5.38. The SMILES string of the molecule is C1CN1C1(C2(N3CC3)CC2)CC1. The monoisotopic (exact) mass is 164 g/mol. The number of nitrogens with zero attached hydrogens (tertiary/aromatic N) is 2. The average molecular weight is 164 g/mol. The second-order valence-corrected chi connectivity index (χ2v) is 5.04. The van der Waals surface area contributed by atoms with Crippen LogP contribution in [0.25, 0.3) is 0 Å². The first kappa shape index (κ1) is 6.39. The molecule has 2 saturated heterocycles. The van der Waals surface area contributed by atoms with Gasteiger partial charge in [0.2, 0.25) is 0 Å². The number of hydrogen-bond acceptors (Lipinski definition) is 2. The van der Waals surface area contributed by atoms with Crippen molar-refractivity contribution >= 4 is 0 Å². The quantitative estimate of drug-likeness (QED) is 0.566. The van der Waals surface area contributed by atoms with Crippen LogP contribution in [-0.4, -0.2) is 47.1 Å². The predicted octanol–water partition coefficient (Wildman–Crippen LogP) is 0.683. The molecule has 2 heterocycles.